The summed E-state index contributed by atoms with van der Waals surface area (Å²) in [7, 11) is 1.63. The highest BCUT2D eigenvalue weighted by atomic mass is 16.6. The van der Waals surface area contributed by atoms with Crippen molar-refractivity contribution >= 4 is 17.7 Å². The van der Waals surface area contributed by atoms with Crippen LogP contribution in [0.5, 0.6) is 0 Å². The molecule has 162 valence electrons. The Labute approximate surface area is 169 Å². The van der Waals surface area contributed by atoms with Gasteiger partial charge in [-0.15, -0.1) is 0 Å². The molecule has 0 aliphatic carbocycles. The molecule has 0 aromatic carbocycles. The fourth-order valence-corrected chi connectivity index (χ4v) is 2.98. The SMILES string of the molecule is [3H]C1CC(OCC)C(CNC(=O)CCCCC(=O)NCCCCCC(=O)NC)O1. The lowest BCUT2D eigenvalue weighted by Gasteiger charge is -2.18. The first-order chi connectivity index (χ1) is 14.0. The van der Waals surface area contributed by atoms with E-state index >= 15 is 0 Å². The van der Waals surface area contributed by atoms with Crippen LogP contribution in [0.2, 0.25) is 0 Å². The van der Waals surface area contributed by atoms with E-state index in [-0.39, 0.29) is 29.9 Å². The Morgan fingerprint density at radius 2 is 1.64 bits per heavy atom. The first-order valence-corrected chi connectivity index (χ1v) is 10.4. The molecule has 1 rings (SSSR count). The average molecular weight is 402 g/mol. The van der Waals surface area contributed by atoms with E-state index in [1.165, 1.54) is 0 Å². The van der Waals surface area contributed by atoms with Gasteiger partial charge in [-0.1, -0.05) is 6.42 Å². The maximum atomic E-state index is 11.9. The third kappa shape index (κ3) is 11.2. The molecule has 3 atom stereocenters. The predicted octanol–water partition coefficient (Wildman–Crippen LogP) is 1.28. The molecule has 0 radical (unpaired) electrons. The summed E-state index contributed by atoms with van der Waals surface area (Å²) >= 11 is 0. The van der Waals surface area contributed by atoms with Crippen molar-refractivity contribution in [1.82, 2.24) is 16.0 Å². The van der Waals surface area contributed by atoms with E-state index in [4.69, 9.17) is 10.8 Å². The van der Waals surface area contributed by atoms with Crippen molar-refractivity contribution in [3.8, 4) is 0 Å². The van der Waals surface area contributed by atoms with Gasteiger partial charge in [-0.05, 0) is 39.0 Å². The number of hydrogen-bond acceptors (Lipinski definition) is 5. The van der Waals surface area contributed by atoms with E-state index in [2.05, 4.69) is 16.0 Å². The molecule has 1 heterocycles. The number of rotatable bonds is 15. The van der Waals surface area contributed by atoms with Crippen LogP contribution >= 0.6 is 0 Å². The third-order valence-electron chi connectivity index (χ3n) is 4.63. The van der Waals surface area contributed by atoms with Crippen molar-refractivity contribution in [2.45, 2.75) is 76.9 Å². The zero-order valence-corrected chi connectivity index (χ0v) is 17.3. The van der Waals surface area contributed by atoms with E-state index in [9.17, 15) is 14.4 Å². The monoisotopic (exact) mass is 401 g/mol. The summed E-state index contributed by atoms with van der Waals surface area (Å²) in [5.74, 6) is -0.0329. The average Bonchev–Trinajstić information content (AvgIpc) is 3.05. The number of ether oxygens (including phenoxy) is 2. The van der Waals surface area contributed by atoms with E-state index < -0.39 is 6.58 Å². The minimum Gasteiger partial charge on any atom is -0.376 e. The maximum Gasteiger partial charge on any atom is 0.220 e. The van der Waals surface area contributed by atoms with Crippen LogP contribution in [0.1, 0.15) is 66.1 Å². The number of unbranched alkanes of at least 4 members (excludes halogenated alkanes) is 3. The van der Waals surface area contributed by atoms with Crippen LogP contribution in [0, 0.1) is 0 Å². The number of amides is 3. The second-order valence-corrected chi connectivity index (χ2v) is 6.92. The molecule has 1 fully saturated rings. The normalized spacial score (nSPS) is 21.8. The Kier molecular flexibility index (Phi) is 12.3. The quantitative estimate of drug-likeness (QED) is 0.359. The Hall–Kier alpha value is -1.67. The maximum absolute atomic E-state index is 11.9. The van der Waals surface area contributed by atoms with Crippen LogP contribution in [0.15, 0.2) is 0 Å². The van der Waals surface area contributed by atoms with Crippen molar-refractivity contribution in [2.24, 2.45) is 0 Å². The lowest BCUT2D eigenvalue weighted by molar-refractivity contribution is -0.123. The number of nitrogens with one attached hydrogen (secondary N) is 3. The molecular formula is C20H37N3O5. The zero-order chi connectivity index (χ0) is 21.5. The number of hydrogen-bond donors (Lipinski definition) is 3. The van der Waals surface area contributed by atoms with Crippen molar-refractivity contribution in [3.05, 3.63) is 0 Å². The molecule has 0 aromatic heterocycles. The van der Waals surface area contributed by atoms with Gasteiger partial charge in [-0.25, -0.2) is 0 Å². The highest BCUT2D eigenvalue weighted by Gasteiger charge is 2.28. The van der Waals surface area contributed by atoms with Crippen molar-refractivity contribution < 1.29 is 25.2 Å². The van der Waals surface area contributed by atoms with Gasteiger partial charge in [0.15, 0.2) is 0 Å². The van der Waals surface area contributed by atoms with E-state index in [1.807, 2.05) is 6.92 Å². The molecule has 3 amide bonds. The van der Waals surface area contributed by atoms with Crippen LogP contribution in [-0.2, 0) is 23.9 Å². The van der Waals surface area contributed by atoms with Gasteiger partial charge >= 0.3 is 0 Å². The van der Waals surface area contributed by atoms with E-state index in [1.54, 1.807) is 7.05 Å². The largest absolute Gasteiger partial charge is 0.376 e. The predicted molar refractivity (Wildman–Crippen MR) is 107 cm³/mol. The lowest BCUT2D eigenvalue weighted by atomic mass is 10.1. The van der Waals surface area contributed by atoms with Gasteiger partial charge in [0.25, 0.3) is 0 Å². The molecule has 1 saturated heterocycles. The molecule has 0 saturated carbocycles. The van der Waals surface area contributed by atoms with Crippen molar-refractivity contribution in [3.63, 3.8) is 0 Å². The minimum atomic E-state index is -0.595. The van der Waals surface area contributed by atoms with Crippen LogP contribution in [0.25, 0.3) is 0 Å². The van der Waals surface area contributed by atoms with E-state index in [0.717, 1.165) is 19.3 Å². The van der Waals surface area contributed by atoms with Gasteiger partial charge < -0.3 is 25.4 Å². The molecule has 8 nitrogen and oxygen atoms in total. The molecule has 8 heteroatoms. The second-order valence-electron chi connectivity index (χ2n) is 6.92. The highest BCUT2D eigenvalue weighted by Crippen LogP contribution is 2.16. The smallest absolute Gasteiger partial charge is 0.220 e. The molecule has 1 aliphatic heterocycles. The Morgan fingerprint density at radius 3 is 2.32 bits per heavy atom. The van der Waals surface area contributed by atoms with Crippen molar-refractivity contribution in [1.29, 1.82) is 0 Å². The molecule has 0 spiro atoms. The minimum absolute atomic E-state index is 0.00268. The van der Waals surface area contributed by atoms with Gasteiger partial charge in [-0.3, -0.25) is 14.4 Å². The van der Waals surface area contributed by atoms with Gasteiger partial charge in [0, 0.05) is 52.6 Å². The van der Waals surface area contributed by atoms with Gasteiger partial charge in [0.1, 0.15) is 6.10 Å². The standard InChI is InChI=1S/C20H37N3O5/c1-3-27-16-12-14-28-17(16)15-23-20(26)11-7-6-10-19(25)22-13-8-4-5-9-18(24)21-2/h16-17H,3-15H2,1-2H3,(H,21,24)(H,22,25)(H,23,26)/i14T. The van der Waals surface area contributed by atoms with E-state index in [0.29, 0.717) is 58.2 Å². The summed E-state index contributed by atoms with van der Waals surface area (Å²) in [6, 6.07) is 0. The zero-order valence-electron chi connectivity index (χ0n) is 18.3. The summed E-state index contributed by atoms with van der Waals surface area (Å²) in [5, 5.41) is 8.28. The third-order valence-corrected chi connectivity index (χ3v) is 4.63. The fourth-order valence-electron chi connectivity index (χ4n) is 2.98. The Morgan fingerprint density at radius 1 is 1.00 bits per heavy atom. The Bertz CT molecular complexity index is 507. The number of carbonyl (C=O) groups is 3. The Balaban J connectivity index is 2.00. The molecule has 1 aliphatic rings. The van der Waals surface area contributed by atoms with Gasteiger partial charge in [0.05, 0.1) is 7.47 Å². The second kappa shape index (κ2) is 15.3. The highest BCUT2D eigenvalue weighted by molar-refractivity contribution is 5.77. The fraction of sp³-hybridized carbons (Fsp3) is 0.850. The van der Waals surface area contributed by atoms with Crippen molar-refractivity contribution in [2.75, 3.05) is 33.3 Å². The topological polar surface area (TPSA) is 106 Å². The van der Waals surface area contributed by atoms with Crippen LogP contribution < -0.4 is 16.0 Å². The first kappa shape index (κ1) is 22.6. The summed E-state index contributed by atoms with van der Waals surface area (Å²) < 4.78 is 18.7. The van der Waals surface area contributed by atoms with Gasteiger partial charge in [0.2, 0.25) is 17.7 Å². The molecule has 0 bridgehead atoms. The molecular weight excluding hydrogens is 362 g/mol. The summed E-state index contributed by atoms with van der Waals surface area (Å²) in [4.78, 5) is 34.8. The summed E-state index contributed by atoms with van der Waals surface area (Å²) in [5.41, 5.74) is 0. The lowest BCUT2D eigenvalue weighted by Crippen LogP contribution is -2.38. The number of carbonyl (C=O) groups excluding carboxylic acids is 3. The van der Waals surface area contributed by atoms with Crippen LogP contribution in [0.4, 0.5) is 0 Å². The summed E-state index contributed by atoms with van der Waals surface area (Å²) in [6.07, 6.45) is 5.29. The first-order valence-electron chi connectivity index (χ1n) is 11.0. The summed E-state index contributed by atoms with van der Waals surface area (Å²) in [6.45, 7) is 2.83. The molecule has 3 N–H and O–H groups in total. The van der Waals surface area contributed by atoms with Gasteiger partial charge in [-0.2, -0.15) is 0 Å². The molecule has 0 aromatic rings. The molecule has 3 unspecified atom stereocenters. The van der Waals surface area contributed by atoms with Crippen LogP contribution in [-0.4, -0.2) is 63.3 Å². The molecule has 28 heavy (non-hydrogen) atoms. The van der Waals surface area contributed by atoms with Crippen LogP contribution in [0.3, 0.4) is 0 Å².